The van der Waals surface area contributed by atoms with Crippen LogP contribution in [-0.2, 0) is 19.2 Å². The molecular weight excluding hydrogens is 526 g/mol. The van der Waals surface area contributed by atoms with E-state index in [9.17, 15) is 24.0 Å². The molecule has 3 unspecified atom stereocenters. The number of benzene rings is 1. The van der Waals surface area contributed by atoms with Crippen molar-refractivity contribution in [3.8, 4) is 5.75 Å². The van der Waals surface area contributed by atoms with E-state index in [1.807, 2.05) is 26.0 Å². The number of carbonyl (C=O) groups excluding carboxylic acids is 5. The van der Waals surface area contributed by atoms with Gasteiger partial charge in [-0.2, -0.15) is 0 Å². The van der Waals surface area contributed by atoms with E-state index >= 15 is 0 Å². The largest absolute Gasteiger partial charge is 0.496 e. The number of ketones is 1. The van der Waals surface area contributed by atoms with Crippen molar-refractivity contribution < 1.29 is 28.7 Å². The first-order valence-electron chi connectivity index (χ1n) is 14.4. The Hall–Kier alpha value is -3.89. The Labute approximate surface area is 238 Å². The molecule has 3 aliphatic heterocycles. The fourth-order valence-electron chi connectivity index (χ4n) is 8.16. The van der Waals surface area contributed by atoms with Crippen LogP contribution in [0.1, 0.15) is 50.0 Å². The van der Waals surface area contributed by atoms with Crippen LogP contribution in [-0.4, -0.2) is 83.5 Å². The number of hydrogen-bond acceptors (Lipinski definition) is 6. The topological polar surface area (TPSA) is 155 Å². The number of amides is 4. The number of ether oxygens (including phenoxy) is 1. The lowest BCUT2D eigenvalue weighted by molar-refractivity contribution is -0.152. The molecule has 4 aliphatic rings. The molecule has 0 radical (unpaired) electrons. The summed E-state index contributed by atoms with van der Waals surface area (Å²) < 4.78 is 5.44. The summed E-state index contributed by atoms with van der Waals surface area (Å²) in [7, 11) is 1.55. The zero-order valence-corrected chi connectivity index (χ0v) is 23.7. The summed E-state index contributed by atoms with van der Waals surface area (Å²) in [5.74, 6) is -3.49. The Morgan fingerprint density at radius 3 is 2.56 bits per heavy atom. The van der Waals surface area contributed by atoms with Crippen molar-refractivity contribution in [1.82, 2.24) is 20.1 Å². The maximum atomic E-state index is 14.1. The molecule has 1 aliphatic carbocycles. The first-order valence-corrected chi connectivity index (χ1v) is 14.4. The summed E-state index contributed by atoms with van der Waals surface area (Å²) in [5, 5.41) is 3.60. The van der Waals surface area contributed by atoms with Crippen LogP contribution in [0.3, 0.4) is 0 Å². The Morgan fingerprint density at radius 1 is 1.17 bits per heavy atom. The van der Waals surface area contributed by atoms with E-state index in [1.165, 1.54) is 9.80 Å². The lowest BCUT2D eigenvalue weighted by atomic mass is 9.69. The second-order valence-electron chi connectivity index (χ2n) is 12.5. The van der Waals surface area contributed by atoms with Crippen LogP contribution in [0, 0.1) is 28.6 Å². The average molecular weight is 564 g/mol. The lowest BCUT2D eigenvalue weighted by Crippen LogP contribution is -2.57. The molecule has 218 valence electrons. The van der Waals surface area contributed by atoms with Gasteiger partial charge in [0.15, 0.2) is 0 Å². The second-order valence-corrected chi connectivity index (χ2v) is 12.5. The summed E-state index contributed by atoms with van der Waals surface area (Å²) in [6.07, 6.45) is 2.33. The first kappa shape index (κ1) is 27.3. The smallest absolute Gasteiger partial charge is 0.290 e. The zero-order valence-electron chi connectivity index (χ0n) is 23.7. The summed E-state index contributed by atoms with van der Waals surface area (Å²) in [5.41, 5.74) is 5.43. The number of rotatable bonds is 8. The molecule has 4 amide bonds. The van der Waals surface area contributed by atoms with Gasteiger partial charge in [0.25, 0.3) is 11.8 Å². The molecule has 0 spiro atoms. The van der Waals surface area contributed by atoms with Gasteiger partial charge in [0, 0.05) is 54.3 Å². The molecule has 41 heavy (non-hydrogen) atoms. The number of Topliss-reactive ketones (excluding diaryl/α,β-unsaturated/α-hetero) is 1. The fraction of sp³-hybridized carbons (Fsp3) is 0.567. The molecule has 1 aromatic carbocycles. The van der Waals surface area contributed by atoms with Gasteiger partial charge in [0.1, 0.15) is 17.5 Å². The predicted molar refractivity (Wildman–Crippen MR) is 149 cm³/mol. The lowest BCUT2D eigenvalue weighted by Gasteiger charge is -2.40. The van der Waals surface area contributed by atoms with E-state index in [1.54, 1.807) is 19.2 Å². The Morgan fingerprint density at radius 2 is 1.93 bits per heavy atom. The van der Waals surface area contributed by atoms with Gasteiger partial charge < -0.3 is 30.6 Å². The Bertz CT molecular complexity index is 1460. The van der Waals surface area contributed by atoms with Crippen molar-refractivity contribution in [3.05, 3.63) is 30.0 Å². The standard InChI is InChI=1S/C30H37N5O6/c1-29(2)22-15-35(27(39)20-14-17-19(33-20)8-4-9-21(17)41-3)24(25(31)37)30(22,29)18(13-16-7-5-10-32-26(16)38)23(36)28(40)34-11-6-12-34/h4,8-9,14,16,18,22,24,33H,5-7,10-13,15H2,1-3H3,(H2,31,37)(H,32,38)/t16-,18+,22?,24?,30?/m0/s1. The summed E-state index contributed by atoms with van der Waals surface area (Å²) >= 11 is 0. The quantitative estimate of drug-likeness (QED) is 0.413. The van der Waals surface area contributed by atoms with Gasteiger partial charge in [-0.25, -0.2) is 0 Å². The molecule has 4 heterocycles. The van der Waals surface area contributed by atoms with Crippen molar-refractivity contribution in [1.29, 1.82) is 0 Å². The highest BCUT2D eigenvalue weighted by atomic mass is 16.5. The van der Waals surface area contributed by atoms with E-state index in [0.717, 1.165) is 18.2 Å². The number of nitrogens with one attached hydrogen (secondary N) is 2. The van der Waals surface area contributed by atoms with Crippen LogP contribution in [0.4, 0.5) is 0 Å². The van der Waals surface area contributed by atoms with Crippen LogP contribution in [0.5, 0.6) is 5.75 Å². The summed E-state index contributed by atoms with van der Waals surface area (Å²) in [4.78, 5) is 73.7. The third-order valence-electron chi connectivity index (χ3n) is 10.4. The van der Waals surface area contributed by atoms with Gasteiger partial charge in [0.05, 0.1) is 7.11 Å². The van der Waals surface area contributed by atoms with E-state index in [4.69, 9.17) is 10.5 Å². The van der Waals surface area contributed by atoms with Crippen LogP contribution in [0.15, 0.2) is 24.3 Å². The van der Waals surface area contributed by atoms with Gasteiger partial charge >= 0.3 is 0 Å². The number of aromatic nitrogens is 1. The van der Waals surface area contributed by atoms with Gasteiger partial charge in [-0.15, -0.1) is 0 Å². The van der Waals surface area contributed by atoms with Crippen LogP contribution in [0.25, 0.3) is 10.9 Å². The predicted octanol–water partition coefficient (Wildman–Crippen LogP) is 1.46. The van der Waals surface area contributed by atoms with Crippen molar-refractivity contribution in [2.45, 2.75) is 45.6 Å². The minimum atomic E-state index is -1.12. The number of fused-ring (bicyclic) bond motifs is 2. The fourth-order valence-corrected chi connectivity index (χ4v) is 8.16. The molecule has 1 aromatic heterocycles. The molecule has 4 N–H and O–H groups in total. The number of H-pyrrole nitrogens is 1. The van der Waals surface area contributed by atoms with Crippen molar-refractivity contribution >= 4 is 40.3 Å². The molecule has 2 aromatic rings. The molecule has 11 heteroatoms. The van der Waals surface area contributed by atoms with E-state index in [0.29, 0.717) is 37.3 Å². The van der Waals surface area contributed by atoms with Gasteiger partial charge in [0.2, 0.25) is 17.6 Å². The summed E-state index contributed by atoms with van der Waals surface area (Å²) in [6, 6.07) is 6.02. The molecule has 4 fully saturated rings. The maximum Gasteiger partial charge on any atom is 0.290 e. The van der Waals surface area contributed by atoms with Crippen LogP contribution >= 0.6 is 0 Å². The van der Waals surface area contributed by atoms with Crippen molar-refractivity contribution in [2.24, 2.45) is 34.3 Å². The molecule has 11 nitrogen and oxygen atoms in total. The molecule has 3 saturated heterocycles. The number of nitrogens with two attached hydrogens (primary N) is 1. The second kappa shape index (κ2) is 9.60. The minimum Gasteiger partial charge on any atom is -0.496 e. The number of methoxy groups -OCH3 is 1. The number of likely N-dealkylation sites (tertiary alicyclic amines) is 2. The number of piperidine rings is 2. The third kappa shape index (κ3) is 3.88. The average Bonchev–Trinajstić information content (AvgIpc) is 3.29. The Kier molecular flexibility index (Phi) is 6.39. The van der Waals surface area contributed by atoms with Gasteiger partial charge in [-0.1, -0.05) is 19.9 Å². The Balaban J connectivity index is 1.40. The number of hydrogen-bond donors (Lipinski definition) is 3. The normalized spacial score (nSPS) is 28.9. The summed E-state index contributed by atoms with van der Waals surface area (Å²) in [6.45, 7) is 5.74. The molecule has 0 bridgehead atoms. The highest BCUT2D eigenvalue weighted by Crippen LogP contribution is 2.79. The molecular formula is C30H37N5O6. The third-order valence-corrected chi connectivity index (χ3v) is 10.4. The van der Waals surface area contributed by atoms with E-state index in [-0.39, 0.29) is 30.5 Å². The number of carbonyl (C=O) groups is 5. The highest BCUT2D eigenvalue weighted by molar-refractivity contribution is 6.37. The van der Waals surface area contributed by atoms with Crippen molar-refractivity contribution in [2.75, 3.05) is 33.3 Å². The van der Waals surface area contributed by atoms with Crippen LogP contribution in [0.2, 0.25) is 0 Å². The monoisotopic (exact) mass is 563 g/mol. The van der Waals surface area contributed by atoms with Crippen LogP contribution < -0.4 is 15.8 Å². The SMILES string of the molecule is COc1cccc2[nH]c(C(=O)N3CC4C(C)(C)C4([C@H](C[C@@H]4CCCNC4=O)C(=O)C(=O)N4CCC4)C3C(N)=O)cc12. The zero-order chi connectivity index (χ0) is 29.3. The molecule has 1 saturated carbocycles. The minimum absolute atomic E-state index is 0.138. The van der Waals surface area contributed by atoms with Crippen molar-refractivity contribution in [3.63, 3.8) is 0 Å². The molecule has 5 atom stereocenters. The van der Waals surface area contributed by atoms with Gasteiger partial charge in [-0.05, 0) is 55.2 Å². The molecule has 6 rings (SSSR count). The number of aromatic amines is 1. The maximum absolute atomic E-state index is 14.1. The number of nitrogens with zero attached hydrogens (tertiary/aromatic N) is 2. The first-order chi connectivity index (χ1) is 19.5. The van der Waals surface area contributed by atoms with E-state index in [2.05, 4.69) is 10.3 Å². The highest BCUT2D eigenvalue weighted by Gasteiger charge is 2.84. The van der Waals surface area contributed by atoms with Gasteiger partial charge in [-0.3, -0.25) is 24.0 Å². The number of primary amides is 1. The van der Waals surface area contributed by atoms with E-state index < -0.39 is 52.2 Å².